The van der Waals surface area contributed by atoms with Crippen LogP contribution in [0.5, 0.6) is 5.75 Å². The number of carbonyl (C=O) groups excluding carboxylic acids is 2. The first-order valence-corrected chi connectivity index (χ1v) is 8.64. The Morgan fingerprint density at radius 3 is 2.57 bits per heavy atom. The number of pyridine rings is 1. The number of aryl methyl sites for hydroxylation is 1. The summed E-state index contributed by atoms with van der Waals surface area (Å²) in [4.78, 5) is 38.1. The molecule has 0 radical (unpaired) electrons. The summed E-state index contributed by atoms with van der Waals surface area (Å²) in [6.07, 6.45) is 0.545. The summed E-state index contributed by atoms with van der Waals surface area (Å²) in [5.74, 6) is -0.00161. The quantitative estimate of drug-likeness (QED) is 0.708. The second-order valence-electron chi connectivity index (χ2n) is 6.31. The second kappa shape index (κ2) is 8.86. The van der Waals surface area contributed by atoms with E-state index in [1.54, 1.807) is 32.0 Å². The number of benzene rings is 1. The van der Waals surface area contributed by atoms with Gasteiger partial charge in [0, 0.05) is 24.7 Å². The van der Waals surface area contributed by atoms with Gasteiger partial charge >= 0.3 is 0 Å². The highest BCUT2D eigenvalue weighted by atomic mass is 16.5. The number of H-pyrrole nitrogens is 1. The van der Waals surface area contributed by atoms with Crippen LogP contribution < -0.4 is 20.9 Å². The van der Waals surface area contributed by atoms with Crippen molar-refractivity contribution in [2.75, 3.05) is 17.7 Å². The van der Waals surface area contributed by atoms with E-state index in [1.165, 1.54) is 14.0 Å². The molecule has 8 nitrogen and oxygen atoms in total. The molecule has 2 aromatic rings. The van der Waals surface area contributed by atoms with Gasteiger partial charge in [0.25, 0.3) is 5.56 Å². The van der Waals surface area contributed by atoms with E-state index in [-0.39, 0.29) is 23.8 Å². The third-order valence-corrected chi connectivity index (χ3v) is 4.32. The first-order chi connectivity index (χ1) is 13.3. The predicted octanol–water partition coefficient (Wildman–Crippen LogP) is 2.40. The van der Waals surface area contributed by atoms with Crippen molar-refractivity contribution in [3.63, 3.8) is 0 Å². The summed E-state index contributed by atoms with van der Waals surface area (Å²) in [6, 6.07) is 6.84. The molecule has 2 amide bonds. The number of carbonyl (C=O) groups is 2. The molecule has 0 atom stereocenters. The number of aromatic amines is 1. The highest BCUT2D eigenvalue weighted by Gasteiger charge is 2.14. The van der Waals surface area contributed by atoms with E-state index in [4.69, 9.17) is 10.00 Å². The zero-order chi connectivity index (χ0) is 20.8. The predicted molar refractivity (Wildman–Crippen MR) is 106 cm³/mol. The topological polar surface area (TPSA) is 124 Å². The van der Waals surface area contributed by atoms with Crippen molar-refractivity contribution >= 4 is 23.2 Å². The van der Waals surface area contributed by atoms with Crippen LogP contribution >= 0.6 is 0 Å². The summed E-state index contributed by atoms with van der Waals surface area (Å²) >= 11 is 0. The third kappa shape index (κ3) is 4.76. The molecule has 0 aliphatic heterocycles. The molecule has 0 unspecified atom stereocenters. The van der Waals surface area contributed by atoms with E-state index in [0.29, 0.717) is 34.8 Å². The standard InChI is InChI=1S/C20H22N4O4/c1-11-15(12(2)22-20(27)16(11)10-21)6-8-19(26)24-14-5-7-18(28-4)17(9-14)23-13(3)25/h5,7,9H,6,8H2,1-4H3,(H,22,27)(H,23,25)(H,24,26). The molecule has 0 aliphatic rings. The maximum Gasteiger partial charge on any atom is 0.266 e. The van der Waals surface area contributed by atoms with Gasteiger partial charge in [-0.15, -0.1) is 0 Å². The van der Waals surface area contributed by atoms with Crippen LogP contribution in [0.1, 0.15) is 35.7 Å². The molecular formula is C20H22N4O4. The van der Waals surface area contributed by atoms with Gasteiger partial charge in [0.1, 0.15) is 17.4 Å². The first-order valence-electron chi connectivity index (χ1n) is 8.64. The number of methoxy groups -OCH3 is 1. The van der Waals surface area contributed by atoms with Crippen molar-refractivity contribution < 1.29 is 14.3 Å². The summed E-state index contributed by atoms with van der Waals surface area (Å²) in [7, 11) is 1.49. The minimum absolute atomic E-state index is 0.0658. The number of hydrogen-bond acceptors (Lipinski definition) is 5. The van der Waals surface area contributed by atoms with Crippen LogP contribution in [-0.2, 0) is 16.0 Å². The van der Waals surface area contributed by atoms with E-state index in [1.807, 2.05) is 6.07 Å². The van der Waals surface area contributed by atoms with Gasteiger partial charge in [0.05, 0.1) is 12.8 Å². The van der Waals surface area contributed by atoms with E-state index in [9.17, 15) is 14.4 Å². The normalized spacial score (nSPS) is 10.1. The van der Waals surface area contributed by atoms with Gasteiger partial charge in [-0.25, -0.2) is 0 Å². The average molecular weight is 382 g/mol. The van der Waals surface area contributed by atoms with Crippen molar-refractivity contribution in [2.24, 2.45) is 0 Å². The largest absolute Gasteiger partial charge is 0.495 e. The van der Waals surface area contributed by atoms with Gasteiger partial charge in [-0.1, -0.05) is 0 Å². The number of nitrogens with one attached hydrogen (secondary N) is 3. The number of aromatic nitrogens is 1. The third-order valence-electron chi connectivity index (χ3n) is 4.32. The Bertz CT molecular complexity index is 1020. The van der Waals surface area contributed by atoms with Gasteiger partial charge in [-0.2, -0.15) is 5.26 Å². The molecule has 1 aromatic carbocycles. The molecule has 0 saturated carbocycles. The summed E-state index contributed by atoms with van der Waals surface area (Å²) < 4.78 is 5.19. The highest BCUT2D eigenvalue weighted by molar-refractivity contribution is 5.94. The van der Waals surface area contributed by atoms with E-state index in [2.05, 4.69) is 15.6 Å². The number of anilines is 2. The zero-order valence-electron chi connectivity index (χ0n) is 16.2. The summed E-state index contributed by atoms with van der Waals surface area (Å²) in [6.45, 7) is 4.83. The molecule has 2 rings (SSSR count). The van der Waals surface area contributed by atoms with Crippen LogP contribution in [0, 0.1) is 25.2 Å². The fraction of sp³-hybridized carbons (Fsp3) is 0.300. The minimum Gasteiger partial charge on any atom is -0.495 e. The zero-order valence-corrected chi connectivity index (χ0v) is 16.2. The number of rotatable bonds is 6. The number of ether oxygens (including phenoxy) is 1. The maximum atomic E-state index is 12.4. The van der Waals surface area contributed by atoms with Crippen LogP contribution in [0.25, 0.3) is 0 Å². The van der Waals surface area contributed by atoms with Crippen molar-refractivity contribution in [2.45, 2.75) is 33.6 Å². The van der Waals surface area contributed by atoms with Gasteiger partial charge in [-0.05, 0) is 49.6 Å². The number of nitriles is 1. The van der Waals surface area contributed by atoms with Crippen molar-refractivity contribution in [3.05, 3.63) is 50.9 Å². The lowest BCUT2D eigenvalue weighted by molar-refractivity contribution is -0.116. The first kappa shape index (κ1) is 20.7. The maximum absolute atomic E-state index is 12.4. The Balaban J connectivity index is 2.13. The molecule has 0 spiro atoms. The Morgan fingerprint density at radius 1 is 1.25 bits per heavy atom. The fourth-order valence-electron chi connectivity index (χ4n) is 2.96. The van der Waals surface area contributed by atoms with Crippen molar-refractivity contribution in [1.29, 1.82) is 5.26 Å². The van der Waals surface area contributed by atoms with Crippen LogP contribution in [0.3, 0.4) is 0 Å². The van der Waals surface area contributed by atoms with E-state index >= 15 is 0 Å². The molecule has 28 heavy (non-hydrogen) atoms. The van der Waals surface area contributed by atoms with Crippen molar-refractivity contribution in [1.82, 2.24) is 4.98 Å². The molecule has 0 bridgehead atoms. The lowest BCUT2D eigenvalue weighted by Crippen LogP contribution is -2.18. The van der Waals surface area contributed by atoms with Gasteiger partial charge in [-0.3, -0.25) is 14.4 Å². The lowest BCUT2D eigenvalue weighted by Gasteiger charge is -2.13. The minimum atomic E-state index is -0.422. The van der Waals surface area contributed by atoms with E-state index < -0.39 is 5.56 Å². The number of amides is 2. The Hall–Kier alpha value is -3.60. The Labute approximate surface area is 162 Å². The Kier molecular flexibility index (Phi) is 6.55. The molecule has 0 fully saturated rings. The summed E-state index contributed by atoms with van der Waals surface area (Å²) in [5.41, 5.74) is 2.63. The molecule has 1 heterocycles. The molecule has 1 aromatic heterocycles. The second-order valence-corrected chi connectivity index (χ2v) is 6.31. The molecular weight excluding hydrogens is 360 g/mol. The van der Waals surface area contributed by atoms with Gasteiger partial charge in [0.2, 0.25) is 11.8 Å². The van der Waals surface area contributed by atoms with E-state index in [0.717, 1.165) is 5.56 Å². The van der Waals surface area contributed by atoms with Gasteiger partial charge in [0.15, 0.2) is 0 Å². The van der Waals surface area contributed by atoms with Gasteiger partial charge < -0.3 is 20.4 Å². The van der Waals surface area contributed by atoms with Crippen LogP contribution in [0.2, 0.25) is 0 Å². The number of nitrogens with zero attached hydrogens (tertiary/aromatic N) is 1. The Morgan fingerprint density at radius 2 is 1.96 bits per heavy atom. The van der Waals surface area contributed by atoms with Crippen molar-refractivity contribution in [3.8, 4) is 11.8 Å². The van der Waals surface area contributed by atoms with Crippen LogP contribution in [0.15, 0.2) is 23.0 Å². The van der Waals surface area contributed by atoms with Crippen LogP contribution in [0.4, 0.5) is 11.4 Å². The number of hydrogen-bond donors (Lipinski definition) is 3. The molecule has 3 N–H and O–H groups in total. The fourth-order valence-corrected chi connectivity index (χ4v) is 2.96. The molecule has 0 aliphatic carbocycles. The molecule has 0 saturated heterocycles. The van der Waals surface area contributed by atoms with Crippen LogP contribution in [-0.4, -0.2) is 23.9 Å². The average Bonchev–Trinajstić information content (AvgIpc) is 2.61. The smallest absolute Gasteiger partial charge is 0.266 e. The monoisotopic (exact) mass is 382 g/mol. The SMILES string of the molecule is COc1ccc(NC(=O)CCc2c(C)[nH]c(=O)c(C#N)c2C)cc1NC(C)=O. The summed E-state index contributed by atoms with van der Waals surface area (Å²) in [5, 5.41) is 14.6. The highest BCUT2D eigenvalue weighted by Crippen LogP contribution is 2.28. The lowest BCUT2D eigenvalue weighted by atomic mass is 9.99. The molecule has 146 valence electrons. The molecule has 8 heteroatoms.